The number of thiol groups is 2. The quantitative estimate of drug-likeness (QED) is 0.146. The lowest BCUT2D eigenvalue weighted by molar-refractivity contribution is -0.0568. The minimum atomic E-state index is -4.36. The second kappa shape index (κ2) is 11.1. The molecule has 19 nitrogen and oxygen atoms in total. The fourth-order valence-corrected chi connectivity index (χ4v) is 8.13. The van der Waals surface area contributed by atoms with Crippen LogP contribution in [0.1, 0.15) is 12.5 Å². The Labute approximate surface area is 256 Å². The van der Waals surface area contributed by atoms with Crippen molar-refractivity contribution in [2.24, 2.45) is 0 Å². The average Bonchev–Trinajstić information content (AvgIpc) is 3.73. The Morgan fingerprint density at radius 3 is 1.89 bits per heavy atom. The van der Waals surface area contributed by atoms with E-state index in [1.165, 1.54) is 34.4 Å². The van der Waals surface area contributed by atoms with Gasteiger partial charge in [-0.15, -0.1) is 0 Å². The number of alkyl halides is 1. The lowest BCUT2D eigenvalue weighted by Gasteiger charge is -2.26. The molecule has 236 valence electrons. The fraction of sp³-hybridized carbons (Fsp3) is 0.500. The number of imidazole rings is 2. The van der Waals surface area contributed by atoms with Gasteiger partial charge in [-0.25, -0.2) is 43.4 Å². The van der Waals surface area contributed by atoms with Crippen LogP contribution in [-0.4, -0.2) is 94.0 Å². The van der Waals surface area contributed by atoms with Crippen molar-refractivity contribution in [3.05, 3.63) is 25.3 Å². The number of rotatable bonds is 2. The molecule has 4 aromatic rings. The molecule has 10 atom stereocenters. The van der Waals surface area contributed by atoms with E-state index in [9.17, 15) is 14.2 Å². The third-order valence-corrected chi connectivity index (χ3v) is 10.4. The maximum Gasteiger partial charge on any atom is 0.386 e. The number of ether oxygens (including phenoxy) is 2. The van der Waals surface area contributed by atoms with Crippen LogP contribution in [-0.2, 0) is 36.7 Å². The predicted molar refractivity (Wildman–Crippen MR) is 153 cm³/mol. The van der Waals surface area contributed by atoms with Gasteiger partial charge in [0.1, 0.15) is 54.2 Å². The Morgan fingerprint density at radius 2 is 1.30 bits per heavy atom. The van der Waals surface area contributed by atoms with Crippen LogP contribution in [0.4, 0.5) is 16.0 Å². The number of hydrogen-bond donors (Lipinski definition) is 5. The molecule has 0 aliphatic carbocycles. The van der Waals surface area contributed by atoms with E-state index in [1.807, 2.05) is 0 Å². The van der Waals surface area contributed by atoms with Crippen molar-refractivity contribution in [2.45, 2.75) is 49.1 Å². The molecule has 0 saturated carbocycles. The van der Waals surface area contributed by atoms with Gasteiger partial charge >= 0.3 is 13.6 Å². The first-order valence-electron chi connectivity index (χ1n) is 12.7. The minimum Gasteiger partial charge on any atom is -0.387 e. The summed E-state index contributed by atoms with van der Waals surface area (Å²) in [5.41, 5.74) is 12.5. The molecule has 44 heavy (non-hydrogen) atoms. The summed E-state index contributed by atoms with van der Waals surface area (Å²) in [5, 5.41) is 11.1. The highest BCUT2D eigenvalue weighted by Gasteiger charge is 2.54. The predicted octanol–water partition coefficient (Wildman–Crippen LogP) is 1.22. The summed E-state index contributed by atoms with van der Waals surface area (Å²) in [7, 11) is 0. The van der Waals surface area contributed by atoms with Gasteiger partial charge < -0.3 is 26.0 Å². The number of anilines is 2. The highest BCUT2D eigenvalue weighted by Crippen LogP contribution is 2.60. The molecule has 3 fully saturated rings. The number of aliphatic hydroxyl groups is 1. The second-order valence-electron chi connectivity index (χ2n) is 9.90. The summed E-state index contributed by atoms with van der Waals surface area (Å²) in [5.74, 6) is 0.140. The highest BCUT2D eigenvalue weighted by molar-refractivity contribution is 8.44. The SMILES string of the molecule is Nc1ncnc2c1ncn2[C@@H]1O[C@@H]2COP(=O)(S)O[C@@H]3[C@H](O)[C@@H](COP(=O)(S)O[C@@H]2[C@H]1F)O[C@H]3n1cnc2c(N)ncnc21. The smallest absolute Gasteiger partial charge is 0.386 e. The lowest BCUT2D eigenvalue weighted by atomic mass is 10.1. The molecular formula is C20H23FN10O9P2S2. The van der Waals surface area contributed by atoms with Gasteiger partial charge in [-0.1, -0.05) is 24.5 Å². The number of nitrogens with zero attached hydrogens (tertiary/aromatic N) is 8. The van der Waals surface area contributed by atoms with E-state index in [1.54, 1.807) is 0 Å². The number of hydrogen-bond acceptors (Lipinski definition) is 17. The molecule has 24 heteroatoms. The molecule has 2 unspecified atom stereocenters. The van der Waals surface area contributed by atoms with E-state index in [-0.39, 0.29) is 34.0 Å². The summed E-state index contributed by atoms with van der Waals surface area (Å²) >= 11 is 8.08. The molecule has 7 rings (SSSR count). The molecule has 0 spiro atoms. The number of nitrogens with two attached hydrogens (primary N) is 2. The molecule has 0 amide bonds. The van der Waals surface area contributed by atoms with Crippen molar-refractivity contribution < 1.29 is 46.2 Å². The Hall–Kier alpha value is -2.49. The van der Waals surface area contributed by atoms with E-state index < -0.39 is 76.0 Å². The van der Waals surface area contributed by atoms with Crippen molar-refractivity contribution in [1.29, 1.82) is 0 Å². The molecule has 5 N–H and O–H groups in total. The zero-order valence-corrected chi connectivity index (χ0v) is 25.5. The minimum absolute atomic E-state index is 0.0580. The molecule has 7 heterocycles. The topological polar surface area (TPSA) is 249 Å². The van der Waals surface area contributed by atoms with Gasteiger partial charge in [-0.3, -0.25) is 27.2 Å². The van der Waals surface area contributed by atoms with E-state index in [0.717, 1.165) is 0 Å². The molecule has 3 saturated heterocycles. The maximum absolute atomic E-state index is 16.0. The number of aromatic nitrogens is 8. The third kappa shape index (κ3) is 5.26. The Morgan fingerprint density at radius 1 is 0.795 bits per heavy atom. The summed E-state index contributed by atoms with van der Waals surface area (Å²) in [6, 6.07) is 0. The van der Waals surface area contributed by atoms with Crippen molar-refractivity contribution in [1.82, 2.24) is 39.0 Å². The zero-order valence-electron chi connectivity index (χ0n) is 22.0. The van der Waals surface area contributed by atoms with Gasteiger partial charge in [0.15, 0.2) is 41.6 Å². The number of nitrogen functional groups attached to an aromatic ring is 2. The van der Waals surface area contributed by atoms with Crippen LogP contribution in [0.15, 0.2) is 25.3 Å². The lowest BCUT2D eigenvalue weighted by Crippen LogP contribution is -2.35. The van der Waals surface area contributed by atoms with Crippen molar-refractivity contribution in [3.63, 3.8) is 0 Å². The van der Waals surface area contributed by atoms with Gasteiger partial charge in [-0.2, -0.15) is 0 Å². The van der Waals surface area contributed by atoms with E-state index in [2.05, 4.69) is 54.4 Å². The Balaban J connectivity index is 1.20. The van der Waals surface area contributed by atoms with Crippen LogP contribution in [0.2, 0.25) is 0 Å². The highest BCUT2D eigenvalue weighted by atomic mass is 32.7. The zero-order chi connectivity index (χ0) is 31.0. The van der Waals surface area contributed by atoms with Crippen LogP contribution in [0.5, 0.6) is 0 Å². The van der Waals surface area contributed by atoms with Crippen LogP contribution < -0.4 is 11.5 Å². The molecule has 4 aromatic heterocycles. The average molecular weight is 693 g/mol. The number of halogens is 1. The fourth-order valence-electron chi connectivity index (χ4n) is 5.19. The van der Waals surface area contributed by atoms with Crippen LogP contribution in [0, 0.1) is 0 Å². The van der Waals surface area contributed by atoms with Crippen molar-refractivity contribution in [3.8, 4) is 0 Å². The molecule has 3 aliphatic heterocycles. The molecule has 0 radical (unpaired) electrons. The Bertz CT molecular complexity index is 1840. The van der Waals surface area contributed by atoms with Gasteiger partial charge in [0.05, 0.1) is 25.9 Å². The summed E-state index contributed by atoms with van der Waals surface area (Å²) in [4.78, 5) is 24.3. The Kier molecular flexibility index (Phi) is 7.61. The summed E-state index contributed by atoms with van der Waals surface area (Å²) in [6.45, 7) is -9.91. The number of aliphatic hydroxyl groups excluding tert-OH is 1. The van der Waals surface area contributed by atoms with Crippen LogP contribution in [0.3, 0.4) is 0 Å². The van der Waals surface area contributed by atoms with E-state index in [0.29, 0.717) is 0 Å². The first-order valence-corrected chi connectivity index (χ1v) is 18.1. The normalized spacial score (nSPS) is 38.3. The van der Waals surface area contributed by atoms with Crippen LogP contribution in [0.25, 0.3) is 22.3 Å². The van der Waals surface area contributed by atoms with Crippen LogP contribution >= 0.6 is 38.1 Å². The maximum atomic E-state index is 16.0. The van der Waals surface area contributed by atoms with Gasteiger partial charge in [0, 0.05) is 0 Å². The third-order valence-electron chi connectivity index (χ3n) is 7.22. The van der Waals surface area contributed by atoms with Gasteiger partial charge in [0.2, 0.25) is 0 Å². The van der Waals surface area contributed by atoms with Gasteiger partial charge in [0.25, 0.3) is 0 Å². The van der Waals surface area contributed by atoms with E-state index in [4.69, 9.17) is 39.0 Å². The first-order chi connectivity index (χ1) is 20.9. The molecule has 0 aromatic carbocycles. The summed E-state index contributed by atoms with van der Waals surface area (Å²) in [6.07, 6.45) is -6.89. The van der Waals surface area contributed by atoms with Crippen molar-refractivity contribution in [2.75, 3.05) is 24.7 Å². The molecule has 2 bridgehead atoms. The van der Waals surface area contributed by atoms with Crippen molar-refractivity contribution >= 4 is 72.1 Å². The summed E-state index contributed by atoms with van der Waals surface area (Å²) < 4.78 is 79.4. The monoisotopic (exact) mass is 692 g/mol. The van der Waals surface area contributed by atoms with Gasteiger partial charge in [-0.05, 0) is 0 Å². The molecule has 3 aliphatic rings. The standard InChI is InChI=1S/C20H23FN10O9P2S2/c21-9-13-8(38-19(9)30-5-28-10-15(22)24-3-26-17(10)30)2-36-42(34,44)40-14-12(32)7(1-35-41(33,43)39-13)37-20(14)31-6-29-11-16(23)25-4-27-18(11)31/h3-9,12-14,19-20,32H,1-2H2,(H,33,43)(H,34,44)(H2,22,24,26)(H2,23,25,27)/t7-,8-,9-,12-,13+,14-,19-,20-,41?,42?/m1/s1. The largest absolute Gasteiger partial charge is 0.387 e. The first kappa shape index (κ1) is 30.2. The van der Waals surface area contributed by atoms with E-state index >= 15 is 4.39 Å². The molecular weight excluding hydrogens is 669 g/mol. The second-order valence-corrected chi connectivity index (χ2v) is 15.7. The number of fused-ring (bicyclic) bond motifs is 5.